The van der Waals surface area contributed by atoms with Gasteiger partial charge in [0.25, 0.3) is 0 Å². The molecule has 26 heavy (non-hydrogen) atoms. The van der Waals surface area contributed by atoms with Crippen LogP contribution in [0.25, 0.3) is 0 Å². The summed E-state index contributed by atoms with van der Waals surface area (Å²) in [5.41, 5.74) is 0.847. The summed E-state index contributed by atoms with van der Waals surface area (Å²) in [7, 11) is 1.63. The Morgan fingerprint density at radius 2 is 2.00 bits per heavy atom. The van der Waals surface area contributed by atoms with Crippen molar-refractivity contribution >= 4 is 17.3 Å². The highest BCUT2D eigenvalue weighted by Crippen LogP contribution is 2.17. The molecule has 2 atom stereocenters. The van der Waals surface area contributed by atoms with Crippen molar-refractivity contribution in [1.29, 1.82) is 0 Å². The monoisotopic (exact) mass is 375 g/mol. The summed E-state index contributed by atoms with van der Waals surface area (Å²) in [6.45, 7) is 6.16. The third-order valence-electron chi connectivity index (χ3n) is 4.00. The van der Waals surface area contributed by atoms with Crippen molar-refractivity contribution in [3.05, 3.63) is 52.2 Å². The molecule has 0 aliphatic carbocycles. The quantitative estimate of drug-likeness (QED) is 0.465. The Morgan fingerprint density at radius 1 is 1.23 bits per heavy atom. The zero-order chi connectivity index (χ0) is 18.8. The molecule has 0 radical (unpaired) electrons. The first kappa shape index (κ1) is 20.3. The first-order chi connectivity index (χ1) is 12.6. The van der Waals surface area contributed by atoms with E-state index >= 15 is 0 Å². The fourth-order valence-electron chi connectivity index (χ4n) is 2.56. The van der Waals surface area contributed by atoms with Crippen LogP contribution in [0.5, 0.6) is 5.75 Å². The normalized spacial score (nSPS) is 13.9. The van der Waals surface area contributed by atoms with Crippen LogP contribution in [0.1, 0.15) is 30.4 Å². The smallest absolute Gasteiger partial charge is 0.191 e. The third kappa shape index (κ3) is 6.69. The number of benzene rings is 1. The van der Waals surface area contributed by atoms with Gasteiger partial charge < -0.3 is 20.5 Å². The number of guanidine groups is 1. The molecule has 6 heteroatoms. The number of aliphatic imine (C=N–C) groups is 1. The number of nitrogens with zero attached hydrogens (tertiary/aromatic N) is 1. The number of thiophene rings is 1. The van der Waals surface area contributed by atoms with E-state index in [0.717, 1.165) is 36.8 Å². The first-order valence-corrected chi connectivity index (χ1v) is 9.87. The number of hydrogen-bond acceptors (Lipinski definition) is 4. The lowest BCUT2D eigenvalue weighted by atomic mass is 10.1. The van der Waals surface area contributed by atoms with Gasteiger partial charge in [-0.05, 0) is 48.4 Å². The van der Waals surface area contributed by atoms with Gasteiger partial charge in [0.1, 0.15) is 5.75 Å². The number of hydrogen-bond donors (Lipinski definition) is 3. The molecular weight excluding hydrogens is 346 g/mol. The van der Waals surface area contributed by atoms with Gasteiger partial charge in [-0.25, -0.2) is 0 Å². The van der Waals surface area contributed by atoms with Crippen LogP contribution in [0.15, 0.2) is 46.8 Å². The van der Waals surface area contributed by atoms with E-state index in [2.05, 4.69) is 40.1 Å². The third-order valence-corrected chi connectivity index (χ3v) is 4.90. The van der Waals surface area contributed by atoms with Crippen LogP contribution < -0.4 is 15.4 Å². The molecule has 0 aliphatic heterocycles. The molecular formula is C20H29N3O2S. The average molecular weight is 376 g/mol. The summed E-state index contributed by atoms with van der Waals surface area (Å²) in [5.74, 6) is 1.98. The van der Waals surface area contributed by atoms with Crippen molar-refractivity contribution in [3.63, 3.8) is 0 Å². The number of aliphatic hydroxyl groups excluding tert-OH is 1. The molecule has 0 aliphatic rings. The van der Waals surface area contributed by atoms with Crippen LogP contribution in [-0.4, -0.2) is 37.8 Å². The van der Waals surface area contributed by atoms with Gasteiger partial charge in [-0.3, -0.25) is 4.99 Å². The topological polar surface area (TPSA) is 65.9 Å². The van der Waals surface area contributed by atoms with Crippen LogP contribution >= 0.6 is 11.3 Å². The molecule has 2 unspecified atom stereocenters. The molecule has 1 aromatic carbocycles. The standard InChI is InChI=1S/C20H29N3O2S/c1-4-21-20(22-13-15(2)12-18-6-5-11-26-18)23-14-19(24)16-7-9-17(25-3)10-8-16/h5-11,15,19,24H,4,12-14H2,1-3H3,(H2,21,22,23). The zero-order valence-corrected chi connectivity index (χ0v) is 16.6. The second-order valence-corrected chi connectivity index (χ2v) is 7.31. The molecule has 0 fully saturated rings. The Labute approximate surface area is 160 Å². The molecule has 0 saturated heterocycles. The van der Waals surface area contributed by atoms with E-state index < -0.39 is 6.10 Å². The molecule has 5 nitrogen and oxygen atoms in total. The van der Waals surface area contributed by atoms with Gasteiger partial charge in [-0.2, -0.15) is 0 Å². The zero-order valence-electron chi connectivity index (χ0n) is 15.7. The molecule has 3 N–H and O–H groups in total. The minimum absolute atomic E-state index is 0.400. The maximum absolute atomic E-state index is 10.4. The van der Waals surface area contributed by atoms with Crippen molar-refractivity contribution in [2.24, 2.45) is 10.9 Å². The Kier molecular flexibility index (Phi) is 8.44. The number of rotatable bonds is 9. The van der Waals surface area contributed by atoms with Crippen molar-refractivity contribution in [2.75, 3.05) is 26.7 Å². The fraction of sp³-hybridized carbons (Fsp3) is 0.450. The molecule has 0 spiro atoms. The van der Waals surface area contributed by atoms with E-state index in [1.54, 1.807) is 18.4 Å². The van der Waals surface area contributed by atoms with Crippen molar-refractivity contribution in [3.8, 4) is 5.75 Å². The second kappa shape index (κ2) is 10.8. The molecule has 1 aromatic heterocycles. The van der Waals surface area contributed by atoms with E-state index in [9.17, 15) is 5.11 Å². The Morgan fingerprint density at radius 3 is 2.62 bits per heavy atom. The van der Waals surface area contributed by atoms with Gasteiger partial charge in [0, 0.05) is 24.5 Å². The van der Waals surface area contributed by atoms with Gasteiger partial charge >= 0.3 is 0 Å². The minimum Gasteiger partial charge on any atom is -0.497 e. The number of nitrogens with one attached hydrogen (secondary N) is 2. The van der Waals surface area contributed by atoms with Gasteiger partial charge in [-0.15, -0.1) is 11.3 Å². The molecule has 1 heterocycles. The second-order valence-electron chi connectivity index (χ2n) is 6.28. The Balaban J connectivity index is 1.85. The molecule has 2 rings (SSSR count). The predicted octanol–water partition coefficient (Wildman–Crippen LogP) is 3.22. The van der Waals surface area contributed by atoms with Gasteiger partial charge in [0.2, 0.25) is 0 Å². The summed E-state index contributed by atoms with van der Waals surface area (Å²) in [6.07, 6.45) is 0.433. The summed E-state index contributed by atoms with van der Waals surface area (Å²) >= 11 is 1.79. The van der Waals surface area contributed by atoms with E-state index in [1.807, 2.05) is 31.2 Å². The summed E-state index contributed by atoms with van der Waals surface area (Å²) in [5, 5.41) is 18.9. The van der Waals surface area contributed by atoms with E-state index in [0.29, 0.717) is 12.5 Å². The van der Waals surface area contributed by atoms with Crippen LogP contribution in [0.3, 0.4) is 0 Å². The first-order valence-electron chi connectivity index (χ1n) is 8.99. The lowest BCUT2D eigenvalue weighted by molar-refractivity contribution is 0.180. The Hall–Kier alpha value is -2.05. The van der Waals surface area contributed by atoms with Crippen molar-refractivity contribution < 1.29 is 9.84 Å². The number of aliphatic hydroxyl groups is 1. The lowest BCUT2D eigenvalue weighted by Crippen LogP contribution is -2.39. The molecule has 0 saturated carbocycles. The molecule has 2 aromatic rings. The summed E-state index contributed by atoms with van der Waals surface area (Å²) in [6, 6.07) is 11.7. The minimum atomic E-state index is -0.603. The van der Waals surface area contributed by atoms with Crippen molar-refractivity contribution in [1.82, 2.24) is 10.6 Å². The highest BCUT2D eigenvalue weighted by Gasteiger charge is 2.09. The van der Waals surface area contributed by atoms with Gasteiger partial charge in [0.05, 0.1) is 13.2 Å². The van der Waals surface area contributed by atoms with E-state index in [4.69, 9.17) is 4.74 Å². The van der Waals surface area contributed by atoms with Crippen LogP contribution in [0.4, 0.5) is 0 Å². The van der Waals surface area contributed by atoms with E-state index in [1.165, 1.54) is 4.88 Å². The maximum Gasteiger partial charge on any atom is 0.191 e. The van der Waals surface area contributed by atoms with Crippen molar-refractivity contribution in [2.45, 2.75) is 26.4 Å². The molecule has 0 amide bonds. The maximum atomic E-state index is 10.4. The number of ether oxygens (including phenoxy) is 1. The van der Waals surface area contributed by atoms with Crippen LogP contribution in [0, 0.1) is 5.92 Å². The lowest BCUT2D eigenvalue weighted by Gasteiger charge is -2.16. The highest BCUT2D eigenvalue weighted by atomic mass is 32.1. The fourth-order valence-corrected chi connectivity index (χ4v) is 3.43. The predicted molar refractivity (Wildman–Crippen MR) is 109 cm³/mol. The Bertz CT molecular complexity index is 656. The summed E-state index contributed by atoms with van der Waals surface area (Å²) in [4.78, 5) is 6.04. The van der Waals surface area contributed by atoms with Gasteiger partial charge in [0.15, 0.2) is 5.96 Å². The number of methoxy groups -OCH3 is 1. The summed E-state index contributed by atoms with van der Waals surface area (Å²) < 4.78 is 5.15. The van der Waals surface area contributed by atoms with Crippen LogP contribution in [-0.2, 0) is 6.42 Å². The highest BCUT2D eigenvalue weighted by molar-refractivity contribution is 7.09. The molecule has 0 bridgehead atoms. The SMILES string of the molecule is CCNC(=NCC(C)Cc1cccs1)NCC(O)c1ccc(OC)cc1. The molecule has 142 valence electrons. The van der Waals surface area contributed by atoms with Crippen LogP contribution in [0.2, 0.25) is 0 Å². The van der Waals surface area contributed by atoms with E-state index in [-0.39, 0.29) is 0 Å². The largest absolute Gasteiger partial charge is 0.497 e. The average Bonchev–Trinajstić information content (AvgIpc) is 3.16. The van der Waals surface area contributed by atoms with Gasteiger partial charge in [-0.1, -0.05) is 25.1 Å².